The molecule has 1 saturated heterocycles. The molecule has 1 amide bonds. The van der Waals surface area contributed by atoms with E-state index in [2.05, 4.69) is 5.16 Å². The maximum Gasteiger partial charge on any atom is 0.342 e. The summed E-state index contributed by atoms with van der Waals surface area (Å²) in [6, 6.07) is 2.53. The highest BCUT2D eigenvalue weighted by atomic mass is 16.6. The number of nitrogens with zero attached hydrogens (tertiary/aromatic N) is 2. The number of oxime groups is 1. The lowest BCUT2D eigenvalue weighted by atomic mass is 9.98. The highest BCUT2D eigenvalue weighted by Crippen LogP contribution is 2.29. The zero-order chi connectivity index (χ0) is 22.1. The smallest absolute Gasteiger partial charge is 0.342 e. The first-order valence-corrected chi connectivity index (χ1v) is 10.9. The molecule has 0 radical (unpaired) electrons. The number of carbonyl (C=O) groups excluding carboxylic acids is 2. The Balaban J connectivity index is 1.77. The number of allylic oxidation sites excluding steroid dienone is 1. The van der Waals surface area contributed by atoms with Crippen LogP contribution < -0.4 is 0 Å². The van der Waals surface area contributed by atoms with Crippen LogP contribution in [-0.4, -0.2) is 59.0 Å². The third kappa shape index (κ3) is 6.73. The number of aromatic hydroxyl groups is 2. The van der Waals surface area contributed by atoms with Crippen molar-refractivity contribution >= 4 is 17.6 Å². The summed E-state index contributed by atoms with van der Waals surface area (Å²) in [5, 5.41) is 24.4. The number of hydrogen-bond acceptors (Lipinski definition) is 7. The molecule has 0 aromatic heterocycles. The van der Waals surface area contributed by atoms with Gasteiger partial charge in [0.25, 0.3) is 5.91 Å². The quantitative estimate of drug-likeness (QED) is 0.433. The Morgan fingerprint density at radius 1 is 1.10 bits per heavy atom. The van der Waals surface area contributed by atoms with Gasteiger partial charge in [0.1, 0.15) is 23.7 Å². The third-order valence-electron chi connectivity index (χ3n) is 5.44. The fraction of sp³-hybridized carbons (Fsp3) is 0.522. The predicted molar refractivity (Wildman–Crippen MR) is 115 cm³/mol. The Morgan fingerprint density at radius 2 is 1.90 bits per heavy atom. The van der Waals surface area contributed by atoms with Gasteiger partial charge in [0.2, 0.25) is 0 Å². The molecule has 8 heteroatoms. The van der Waals surface area contributed by atoms with Crippen LogP contribution in [0, 0.1) is 0 Å². The molecule has 0 saturated carbocycles. The van der Waals surface area contributed by atoms with Crippen LogP contribution in [0.1, 0.15) is 60.9 Å². The molecule has 168 valence electrons. The number of phenolic OH excluding ortho intramolecular Hbond substituents is 2. The Kier molecular flexibility index (Phi) is 8.32. The van der Waals surface area contributed by atoms with Crippen LogP contribution in [0.15, 0.2) is 29.4 Å². The predicted octanol–water partition coefficient (Wildman–Crippen LogP) is 3.31. The van der Waals surface area contributed by atoms with E-state index < -0.39 is 5.97 Å². The molecule has 8 nitrogen and oxygen atoms in total. The number of ether oxygens (including phenoxy) is 1. The summed E-state index contributed by atoms with van der Waals surface area (Å²) >= 11 is 0. The standard InChI is InChI=1S/C23H30N2O6/c26-19-14-17-13-18(24-31-16-21(28)25-10-6-4-7-11-25)9-5-2-1-3-8-12-30-23(29)22(17)20(27)15-19/h3,8,14-15,26-27H,1-2,4-7,9-13,16H2/b8-3+,24-18+. The van der Waals surface area contributed by atoms with Gasteiger partial charge in [-0.25, -0.2) is 4.79 Å². The molecular formula is C23H30N2O6. The first-order chi connectivity index (χ1) is 15.0. The van der Waals surface area contributed by atoms with E-state index >= 15 is 0 Å². The summed E-state index contributed by atoms with van der Waals surface area (Å²) in [6.07, 6.45) is 10.3. The lowest BCUT2D eigenvalue weighted by Gasteiger charge is -2.26. The topological polar surface area (TPSA) is 109 Å². The van der Waals surface area contributed by atoms with Gasteiger partial charge >= 0.3 is 5.97 Å². The fourth-order valence-corrected chi connectivity index (χ4v) is 3.82. The zero-order valence-electron chi connectivity index (χ0n) is 17.7. The van der Waals surface area contributed by atoms with Crippen LogP contribution >= 0.6 is 0 Å². The van der Waals surface area contributed by atoms with E-state index in [0.717, 1.165) is 57.7 Å². The minimum absolute atomic E-state index is 0.00235. The van der Waals surface area contributed by atoms with Crippen molar-refractivity contribution in [2.24, 2.45) is 5.16 Å². The van der Waals surface area contributed by atoms with E-state index in [-0.39, 0.29) is 42.6 Å². The van der Waals surface area contributed by atoms with Crippen molar-refractivity contribution < 1.29 is 29.4 Å². The second-order valence-electron chi connectivity index (χ2n) is 7.86. The Bertz CT molecular complexity index is 843. The number of esters is 1. The summed E-state index contributed by atoms with van der Waals surface area (Å²) in [5.41, 5.74) is 1.03. The average Bonchev–Trinajstić information content (AvgIpc) is 2.76. The molecule has 1 aromatic rings. The van der Waals surface area contributed by atoms with Crippen LogP contribution in [0.4, 0.5) is 0 Å². The van der Waals surface area contributed by atoms with Gasteiger partial charge in [0.15, 0.2) is 6.61 Å². The normalized spacial score (nSPS) is 20.6. The number of hydrogen-bond donors (Lipinski definition) is 2. The first-order valence-electron chi connectivity index (χ1n) is 10.9. The number of fused-ring (bicyclic) bond motifs is 1. The Labute approximate surface area is 182 Å². The van der Waals surface area contributed by atoms with Gasteiger partial charge in [-0.1, -0.05) is 17.3 Å². The maximum absolute atomic E-state index is 12.5. The van der Waals surface area contributed by atoms with Crippen molar-refractivity contribution in [1.29, 1.82) is 0 Å². The Hall–Kier alpha value is -3.03. The second-order valence-corrected chi connectivity index (χ2v) is 7.86. The summed E-state index contributed by atoms with van der Waals surface area (Å²) in [4.78, 5) is 32.0. The van der Waals surface area contributed by atoms with Crippen molar-refractivity contribution in [2.75, 3.05) is 26.3 Å². The van der Waals surface area contributed by atoms with Gasteiger partial charge < -0.3 is 24.7 Å². The Morgan fingerprint density at radius 3 is 2.71 bits per heavy atom. The number of carbonyl (C=O) groups is 2. The summed E-state index contributed by atoms with van der Waals surface area (Å²) in [6.45, 7) is 1.48. The van der Waals surface area contributed by atoms with E-state index in [4.69, 9.17) is 9.57 Å². The number of phenols is 2. The SMILES string of the molecule is O=C1OC/C=C/CCCC/C(=N\OCC(=O)N2CCCCC2)Cc2cc(O)cc(O)c21. The summed E-state index contributed by atoms with van der Waals surface area (Å²) in [5.74, 6) is -1.26. The molecule has 0 bridgehead atoms. The molecule has 1 fully saturated rings. The van der Waals surface area contributed by atoms with Gasteiger partial charge in [-0.15, -0.1) is 0 Å². The van der Waals surface area contributed by atoms with Crippen molar-refractivity contribution in [3.05, 3.63) is 35.4 Å². The summed E-state index contributed by atoms with van der Waals surface area (Å²) in [7, 11) is 0. The number of amides is 1. The molecule has 1 aromatic carbocycles. The number of benzene rings is 1. The van der Waals surface area contributed by atoms with Crippen LogP contribution in [0.5, 0.6) is 11.5 Å². The average molecular weight is 431 g/mol. The molecule has 0 aliphatic carbocycles. The molecule has 0 unspecified atom stereocenters. The number of likely N-dealkylation sites (tertiary alicyclic amines) is 1. The largest absolute Gasteiger partial charge is 0.508 e. The molecule has 2 heterocycles. The van der Waals surface area contributed by atoms with Crippen LogP contribution in [0.25, 0.3) is 0 Å². The van der Waals surface area contributed by atoms with Gasteiger partial charge in [-0.3, -0.25) is 4.79 Å². The molecular weight excluding hydrogens is 400 g/mol. The van der Waals surface area contributed by atoms with Gasteiger partial charge in [-0.05, 0) is 56.6 Å². The highest BCUT2D eigenvalue weighted by Gasteiger charge is 2.21. The molecule has 2 aliphatic rings. The van der Waals surface area contributed by atoms with Gasteiger partial charge in [-0.2, -0.15) is 0 Å². The van der Waals surface area contributed by atoms with Crippen molar-refractivity contribution in [3.8, 4) is 11.5 Å². The molecule has 2 N–H and O–H groups in total. The first kappa shape index (κ1) is 22.7. The lowest BCUT2D eigenvalue weighted by molar-refractivity contribution is -0.137. The van der Waals surface area contributed by atoms with E-state index in [0.29, 0.717) is 17.7 Å². The van der Waals surface area contributed by atoms with Gasteiger partial charge in [0.05, 0.1) is 5.71 Å². The minimum Gasteiger partial charge on any atom is -0.508 e. The van der Waals surface area contributed by atoms with E-state index in [9.17, 15) is 19.8 Å². The van der Waals surface area contributed by atoms with Crippen molar-refractivity contribution in [1.82, 2.24) is 4.90 Å². The molecule has 3 rings (SSSR count). The van der Waals surface area contributed by atoms with E-state index in [1.165, 1.54) is 6.07 Å². The van der Waals surface area contributed by atoms with Gasteiger partial charge in [0, 0.05) is 25.6 Å². The van der Waals surface area contributed by atoms with E-state index in [1.54, 1.807) is 11.0 Å². The number of piperidine rings is 1. The fourth-order valence-electron chi connectivity index (χ4n) is 3.82. The highest BCUT2D eigenvalue weighted by molar-refractivity contribution is 5.97. The number of cyclic esters (lactones) is 1. The summed E-state index contributed by atoms with van der Waals surface area (Å²) < 4.78 is 5.23. The monoisotopic (exact) mass is 430 g/mol. The van der Waals surface area contributed by atoms with Crippen LogP contribution in [-0.2, 0) is 20.8 Å². The molecule has 2 aliphatic heterocycles. The van der Waals surface area contributed by atoms with Crippen LogP contribution in [0.2, 0.25) is 0 Å². The molecule has 31 heavy (non-hydrogen) atoms. The minimum atomic E-state index is -0.669. The lowest BCUT2D eigenvalue weighted by Crippen LogP contribution is -2.37. The second kappa shape index (κ2) is 11.4. The maximum atomic E-state index is 12.5. The third-order valence-corrected chi connectivity index (χ3v) is 5.44. The molecule has 0 atom stereocenters. The zero-order valence-corrected chi connectivity index (χ0v) is 17.7. The number of rotatable bonds is 3. The van der Waals surface area contributed by atoms with Crippen molar-refractivity contribution in [3.63, 3.8) is 0 Å². The van der Waals surface area contributed by atoms with Crippen LogP contribution in [0.3, 0.4) is 0 Å². The molecule has 0 spiro atoms. The van der Waals surface area contributed by atoms with Crippen molar-refractivity contribution in [2.45, 2.75) is 51.4 Å². The van der Waals surface area contributed by atoms with E-state index in [1.807, 2.05) is 6.08 Å².